The van der Waals surface area contributed by atoms with Crippen molar-refractivity contribution >= 4 is 0 Å². The zero-order valence-corrected chi connectivity index (χ0v) is 9.82. The molecule has 3 nitrogen and oxygen atoms in total. The summed E-state index contributed by atoms with van der Waals surface area (Å²) < 4.78 is 1.87. The smallest absolute Gasteiger partial charge is 0.0993 e. The van der Waals surface area contributed by atoms with E-state index < -0.39 is 6.10 Å². The molecule has 15 heavy (non-hydrogen) atoms. The minimum atomic E-state index is -0.477. The molecule has 1 N–H and O–H groups in total. The van der Waals surface area contributed by atoms with Gasteiger partial charge in [0.25, 0.3) is 0 Å². The lowest BCUT2D eigenvalue weighted by molar-refractivity contribution is 0.167. The number of nitrogens with zero attached hydrogens (tertiary/aromatic N) is 2. The van der Waals surface area contributed by atoms with Gasteiger partial charge < -0.3 is 5.11 Å². The van der Waals surface area contributed by atoms with Crippen LogP contribution in [0.5, 0.6) is 0 Å². The Hall–Kier alpha value is -1.09. The third-order valence-electron chi connectivity index (χ3n) is 2.41. The fraction of sp³-hybridized carbons (Fsp3) is 0.583. The van der Waals surface area contributed by atoms with Crippen LogP contribution in [0, 0.1) is 0 Å². The van der Waals surface area contributed by atoms with Crippen molar-refractivity contribution in [2.45, 2.75) is 46.3 Å². The summed E-state index contributed by atoms with van der Waals surface area (Å²) in [5.41, 5.74) is 2.93. The Bertz CT molecular complexity index is 341. The molecular weight excluding hydrogens is 188 g/mol. The van der Waals surface area contributed by atoms with Crippen molar-refractivity contribution < 1.29 is 5.11 Å². The van der Waals surface area contributed by atoms with Crippen molar-refractivity contribution in [1.82, 2.24) is 9.78 Å². The maximum Gasteiger partial charge on any atom is 0.0993 e. The molecule has 0 bridgehead atoms. The molecule has 0 saturated heterocycles. The molecule has 0 aliphatic heterocycles. The van der Waals surface area contributed by atoms with E-state index in [1.807, 2.05) is 24.6 Å². The summed E-state index contributed by atoms with van der Waals surface area (Å²) >= 11 is 0. The fourth-order valence-electron chi connectivity index (χ4n) is 1.62. The maximum absolute atomic E-state index is 9.99. The molecule has 0 amide bonds. The van der Waals surface area contributed by atoms with E-state index in [-0.39, 0.29) is 0 Å². The Morgan fingerprint density at radius 3 is 2.73 bits per heavy atom. The first kappa shape index (κ1) is 12.0. The van der Waals surface area contributed by atoms with Gasteiger partial charge in [0, 0.05) is 6.54 Å². The molecule has 0 saturated carbocycles. The van der Waals surface area contributed by atoms with Gasteiger partial charge in [-0.2, -0.15) is 5.10 Å². The highest BCUT2D eigenvalue weighted by atomic mass is 16.3. The van der Waals surface area contributed by atoms with Gasteiger partial charge in [0.15, 0.2) is 0 Å². The highest BCUT2D eigenvalue weighted by Crippen LogP contribution is 2.21. The van der Waals surface area contributed by atoms with Gasteiger partial charge in [-0.05, 0) is 32.8 Å². The molecule has 0 spiro atoms. The van der Waals surface area contributed by atoms with Crippen molar-refractivity contribution in [2.75, 3.05) is 0 Å². The monoisotopic (exact) mass is 208 g/mol. The van der Waals surface area contributed by atoms with E-state index in [0.29, 0.717) is 6.42 Å². The molecule has 1 aromatic heterocycles. The number of hydrogen-bond acceptors (Lipinski definition) is 2. The topological polar surface area (TPSA) is 38.1 Å². The molecule has 3 heteroatoms. The minimum Gasteiger partial charge on any atom is -0.386 e. The number of hydrogen-bond donors (Lipinski definition) is 1. The lowest BCUT2D eigenvalue weighted by Crippen LogP contribution is -2.08. The molecule has 0 aliphatic carbocycles. The summed E-state index contributed by atoms with van der Waals surface area (Å²) in [6, 6.07) is 1.98. The van der Waals surface area contributed by atoms with E-state index >= 15 is 0 Å². The molecular formula is C12H20N2O. The van der Waals surface area contributed by atoms with Gasteiger partial charge >= 0.3 is 0 Å². The van der Waals surface area contributed by atoms with E-state index in [2.05, 4.69) is 18.6 Å². The SMILES string of the molecule is C=C(C)CC(O)c1cc(CC)nn1CC. The number of aryl methyl sites for hydroxylation is 2. The van der Waals surface area contributed by atoms with Gasteiger partial charge in [0.2, 0.25) is 0 Å². The first-order chi connectivity index (χ1) is 7.08. The molecule has 1 aromatic rings. The normalized spacial score (nSPS) is 12.8. The molecule has 0 radical (unpaired) electrons. The van der Waals surface area contributed by atoms with Gasteiger partial charge in [-0.1, -0.05) is 12.5 Å². The Morgan fingerprint density at radius 2 is 2.27 bits per heavy atom. The summed E-state index contributed by atoms with van der Waals surface area (Å²) in [6.07, 6.45) is 1.03. The molecule has 84 valence electrons. The minimum absolute atomic E-state index is 0.477. The van der Waals surface area contributed by atoms with Crippen LogP contribution >= 0.6 is 0 Å². The second-order valence-corrected chi connectivity index (χ2v) is 3.91. The molecule has 1 heterocycles. The van der Waals surface area contributed by atoms with Crippen molar-refractivity contribution in [3.63, 3.8) is 0 Å². The Morgan fingerprint density at radius 1 is 1.60 bits per heavy atom. The summed E-state index contributed by atoms with van der Waals surface area (Å²) in [4.78, 5) is 0. The summed E-state index contributed by atoms with van der Waals surface area (Å²) in [7, 11) is 0. The van der Waals surface area contributed by atoms with Crippen molar-refractivity contribution in [3.8, 4) is 0 Å². The van der Waals surface area contributed by atoms with E-state index in [0.717, 1.165) is 29.9 Å². The number of aliphatic hydroxyl groups excluding tert-OH is 1. The van der Waals surface area contributed by atoms with Crippen LogP contribution in [0.25, 0.3) is 0 Å². The first-order valence-corrected chi connectivity index (χ1v) is 5.47. The Labute approximate surface area is 91.4 Å². The molecule has 0 aliphatic rings. The van der Waals surface area contributed by atoms with E-state index in [4.69, 9.17) is 0 Å². The van der Waals surface area contributed by atoms with E-state index in [1.165, 1.54) is 0 Å². The zero-order valence-electron chi connectivity index (χ0n) is 9.82. The van der Waals surface area contributed by atoms with Crippen molar-refractivity contribution in [1.29, 1.82) is 0 Å². The summed E-state index contributed by atoms with van der Waals surface area (Å²) in [5, 5.41) is 14.4. The molecule has 0 aromatic carbocycles. The van der Waals surface area contributed by atoms with Crippen LogP contribution in [0.15, 0.2) is 18.2 Å². The number of rotatable bonds is 5. The zero-order chi connectivity index (χ0) is 11.4. The number of aliphatic hydroxyl groups is 1. The van der Waals surface area contributed by atoms with Crippen LogP contribution in [-0.2, 0) is 13.0 Å². The van der Waals surface area contributed by atoms with Gasteiger partial charge in [-0.25, -0.2) is 0 Å². The van der Waals surface area contributed by atoms with Crippen LogP contribution in [0.2, 0.25) is 0 Å². The fourth-order valence-corrected chi connectivity index (χ4v) is 1.62. The highest BCUT2D eigenvalue weighted by molar-refractivity contribution is 5.14. The largest absolute Gasteiger partial charge is 0.386 e. The summed E-state index contributed by atoms with van der Waals surface area (Å²) in [6.45, 7) is 10.6. The molecule has 1 unspecified atom stereocenters. The van der Waals surface area contributed by atoms with E-state index in [9.17, 15) is 5.11 Å². The van der Waals surface area contributed by atoms with Crippen LogP contribution in [0.3, 0.4) is 0 Å². The molecule has 1 rings (SSSR count). The average molecular weight is 208 g/mol. The standard InChI is InChI=1S/C12H20N2O/c1-5-10-8-11(14(6-2)13-10)12(15)7-9(3)4/h8,12,15H,3,5-7H2,1-2,4H3. The predicted molar refractivity (Wildman–Crippen MR) is 61.7 cm³/mol. The quantitative estimate of drug-likeness (QED) is 0.755. The second-order valence-electron chi connectivity index (χ2n) is 3.91. The van der Waals surface area contributed by atoms with Gasteiger partial charge in [-0.15, -0.1) is 6.58 Å². The van der Waals surface area contributed by atoms with Crippen molar-refractivity contribution in [3.05, 3.63) is 29.6 Å². The lowest BCUT2D eigenvalue weighted by atomic mass is 10.1. The highest BCUT2D eigenvalue weighted by Gasteiger charge is 2.14. The van der Waals surface area contributed by atoms with Gasteiger partial charge in [0.1, 0.15) is 0 Å². The molecule has 1 atom stereocenters. The Kier molecular flexibility index (Phi) is 4.09. The third-order valence-corrected chi connectivity index (χ3v) is 2.41. The number of aromatic nitrogens is 2. The predicted octanol–water partition coefficient (Wildman–Crippen LogP) is 2.47. The van der Waals surface area contributed by atoms with Crippen LogP contribution in [-0.4, -0.2) is 14.9 Å². The van der Waals surface area contributed by atoms with E-state index in [1.54, 1.807) is 0 Å². The third kappa shape index (κ3) is 2.93. The van der Waals surface area contributed by atoms with Crippen LogP contribution in [0.4, 0.5) is 0 Å². The molecule has 0 fully saturated rings. The van der Waals surface area contributed by atoms with Gasteiger partial charge in [-0.3, -0.25) is 4.68 Å². The Balaban J connectivity index is 2.90. The second kappa shape index (κ2) is 5.12. The van der Waals surface area contributed by atoms with Crippen LogP contribution < -0.4 is 0 Å². The maximum atomic E-state index is 9.99. The van der Waals surface area contributed by atoms with Crippen LogP contribution in [0.1, 0.15) is 44.7 Å². The summed E-state index contributed by atoms with van der Waals surface area (Å²) in [5.74, 6) is 0. The van der Waals surface area contributed by atoms with Crippen molar-refractivity contribution in [2.24, 2.45) is 0 Å². The average Bonchev–Trinajstić information content (AvgIpc) is 2.59. The lowest BCUT2D eigenvalue weighted by Gasteiger charge is -2.11. The van der Waals surface area contributed by atoms with Gasteiger partial charge in [0.05, 0.1) is 17.5 Å². The first-order valence-electron chi connectivity index (χ1n) is 5.47.